The fourth-order valence-corrected chi connectivity index (χ4v) is 5.91. The molecule has 2 N–H and O–H groups in total. The summed E-state index contributed by atoms with van der Waals surface area (Å²) in [6.07, 6.45) is 4.08. The molecule has 1 saturated heterocycles. The van der Waals surface area contributed by atoms with Gasteiger partial charge in [-0.15, -0.1) is 0 Å². The van der Waals surface area contributed by atoms with Crippen molar-refractivity contribution in [3.63, 3.8) is 0 Å². The van der Waals surface area contributed by atoms with Crippen LogP contribution in [-0.2, 0) is 17.8 Å². The first-order chi connectivity index (χ1) is 19.5. The van der Waals surface area contributed by atoms with Crippen LogP contribution in [0.15, 0.2) is 48.5 Å². The van der Waals surface area contributed by atoms with Crippen LogP contribution in [0.25, 0.3) is 11.1 Å². The van der Waals surface area contributed by atoms with Crippen molar-refractivity contribution in [2.75, 3.05) is 19.8 Å². The van der Waals surface area contributed by atoms with Crippen LogP contribution in [0.3, 0.4) is 0 Å². The third-order valence-electron chi connectivity index (χ3n) is 7.78. The maximum Gasteiger partial charge on any atom is 0.220 e. The van der Waals surface area contributed by atoms with E-state index in [0.717, 1.165) is 48.3 Å². The van der Waals surface area contributed by atoms with E-state index >= 15 is 0 Å². The fraction of sp³-hybridized carbons (Fsp3) is 0.424. The van der Waals surface area contributed by atoms with E-state index in [0.29, 0.717) is 43.5 Å². The Hall–Kier alpha value is -3.22. The zero-order valence-electron chi connectivity index (χ0n) is 23.6. The molecule has 40 heavy (non-hydrogen) atoms. The van der Waals surface area contributed by atoms with Gasteiger partial charge in [-0.25, -0.2) is 0 Å². The van der Waals surface area contributed by atoms with Gasteiger partial charge in [-0.05, 0) is 79.5 Å². The largest absolute Gasteiger partial charge is 0.493 e. The molecule has 2 aliphatic rings. The molecule has 3 aromatic carbocycles. The van der Waals surface area contributed by atoms with Crippen molar-refractivity contribution in [1.29, 1.82) is 0 Å². The lowest BCUT2D eigenvalue weighted by Crippen LogP contribution is -2.45. The van der Waals surface area contributed by atoms with Gasteiger partial charge >= 0.3 is 0 Å². The summed E-state index contributed by atoms with van der Waals surface area (Å²) in [5.41, 5.74) is 7.12. The van der Waals surface area contributed by atoms with E-state index in [1.807, 2.05) is 25.1 Å². The second kappa shape index (κ2) is 13.0. The molecule has 5 rings (SSSR count). The summed E-state index contributed by atoms with van der Waals surface area (Å²) in [5, 5.41) is 7.02. The number of amides is 1. The van der Waals surface area contributed by atoms with Crippen LogP contribution < -0.4 is 24.8 Å². The predicted molar refractivity (Wildman–Crippen MR) is 160 cm³/mol. The van der Waals surface area contributed by atoms with E-state index < -0.39 is 0 Å². The predicted octanol–water partition coefficient (Wildman–Crippen LogP) is 6.94. The summed E-state index contributed by atoms with van der Waals surface area (Å²) in [7, 11) is 0. The van der Waals surface area contributed by atoms with Crippen molar-refractivity contribution >= 4 is 17.5 Å². The van der Waals surface area contributed by atoms with Crippen LogP contribution in [0.4, 0.5) is 0 Å². The highest BCUT2D eigenvalue weighted by atomic mass is 35.5. The number of fused-ring (bicyclic) bond motifs is 1. The normalized spacial score (nSPS) is 18.2. The highest BCUT2D eigenvalue weighted by molar-refractivity contribution is 6.32. The van der Waals surface area contributed by atoms with Crippen molar-refractivity contribution in [3.05, 3.63) is 75.8 Å². The molecule has 1 fully saturated rings. The molecular formula is C33H39ClN2O4. The van der Waals surface area contributed by atoms with Gasteiger partial charge in [0.25, 0.3) is 0 Å². The lowest BCUT2D eigenvalue weighted by molar-refractivity contribution is -0.122. The van der Waals surface area contributed by atoms with E-state index in [9.17, 15) is 4.79 Å². The Bertz CT molecular complexity index is 1350. The maximum absolute atomic E-state index is 11.5. The van der Waals surface area contributed by atoms with Gasteiger partial charge in [0, 0.05) is 37.2 Å². The molecule has 1 unspecified atom stereocenters. The van der Waals surface area contributed by atoms with Gasteiger partial charge in [0.1, 0.15) is 23.4 Å². The SMILES string of the molecule is CCCOc1cccc(-c2cccc3c2CC[C@@H]3Oc2cc(OCC)c(CNC3CCC(=O)NC3)cc2Cl)c1C. The quantitative estimate of drug-likeness (QED) is 0.265. The Labute approximate surface area is 242 Å². The molecule has 2 atom stereocenters. The molecule has 0 bridgehead atoms. The number of halogens is 1. The minimum atomic E-state index is -0.0865. The molecule has 1 heterocycles. The van der Waals surface area contributed by atoms with Crippen LogP contribution in [0.5, 0.6) is 17.2 Å². The molecule has 0 radical (unpaired) electrons. The van der Waals surface area contributed by atoms with Crippen molar-refractivity contribution in [2.45, 2.75) is 71.6 Å². The highest BCUT2D eigenvalue weighted by Gasteiger charge is 2.28. The molecule has 1 aliphatic carbocycles. The second-order valence-electron chi connectivity index (χ2n) is 10.5. The standard InChI is InChI=1S/C33H39ClN2O4/c1-4-16-39-29-11-7-8-24(21(29)3)25-9-6-10-27-26(25)13-14-30(27)40-32-18-31(38-5-2)22(17-28(32)34)19-35-23-12-15-33(37)36-20-23/h6-11,17-18,23,30,35H,4-5,12-16,19-20H2,1-3H3,(H,36,37)/t23?,30-/m0/s1. The first-order valence-corrected chi connectivity index (χ1v) is 14.8. The number of nitrogens with one attached hydrogen (secondary N) is 2. The minimum Gasteiger partial charge on any atom is -0.493 e. The molecule has 0 spiro atoms. The molecule has 7 heteroatoms. The number of hydrogen-bond acceptors (Lipinski definition) is 5. The summed E-state index contributed by atoms with van der Waals surface area (Å²) >= 11 is 6.78. The molecule has 3 aromatic rings. The summed E-state index contributed by atoms with van der Waals surface area (Å²) in [4.78, 5) is 11.5. The highest BCUT2D eigenvalue weighted by Crippen LogP contribution is 2.44. The van der Waals surface area contributed by atoms with Crippen molar-refractivity contribution < 1.29 is 19.0 Å². The lowest BCUT2D eigenvalue weighted by Gasteiger charge is -2.24. The van der Waals surface area contributed by atoms with Crippen molar-refractivity contribution in [3.8, 4) is 28.4 Å². The summed E-state index contributed by atoms with van der Waals surface area (Å²) in [6.45, 7) is 8.73. The van der Waals surface area contributed by atoms with Crippen LogP contribution in [0, 0.1) is 6.92 Å². The van der Waals surface area contributed by atoms with Crippen molar-refractivity contribution in [1.82, 2.24) is 10.6 Å². The average molecular weight is 563 g/mol. The lowest BCUT2D eigenvalue weighted by atomic mass is 9.93. The number of carbonyl (C=O) groups excluding carboxylic acids is 1. The van der Waals surface area contributed by atoms with Gasteiger partial charge in [0.15, 0.2) is 0 Å². The molecule has 212 valence electrons. The number of piperidine rings is 1. The first-order valence-electron chi connectivity index (χ1n) is 14.4. The Morgan fingerprint density at radius 2 is 1.80 bits per heavy atom. The zero-order chi connectivity index (χ0) is 28.1. The topological polar surface area (TPSA) is 68.8 Å². The van der Waals surface area contributed by atoms with E-state index in [1.54, 1.807) is 0 Å². The number of carbonyl (C=O) groups is 1. The fourth-order valence-electron chi connectivity index (χ4n) is 5.67. The monoisotopic (exact) mass is 562 g/mol. The molecule has 0 aromatic heterocycles. The van der Waals surface area contributed by atoms with E-state index in [2.05, 4.69) is 54.8 Å². The maximum atomic E-state index is 11.5. The van der Waals surface area contributed by atoms with E-state index in [1.165, 1.54) is 22.3 Å². The third-order valence-corrected chi connectivity index (χ3v) is 8.08. The third kappa shape index (κ3) is 6.24. The molecule has 6 nitrogen and oxygen atoms in total. The van der Waals surface area contributed by atoms with Gasteiger partial charge in [-0.3, -0.25) is 4.79 Å². The van der Waals surface area contributed by atoms with Crippen LogP contribution in [0.1, 0.15) is 67.9 Å². The number of hydrogen-bond donors (Lipinski definition) is 2. The Kier molecular flexibility index (Phi) is 9.18. The Morgan fingerprint density at radius 3 is 2.58 bits per heavy atom. The minimum absolute atomic E-state index is 0.0865. The van der Waals surface area contributed by atoms with Gasteiger partial charge in [-0.2, -0.15) is 0 Å². The zero-order valence-corrected chi connectivity index (χ0v) is 24.4. The Morgan fingerprint density at radius 1 is 0.975 bits per heavy atom. The summed E-state index contributed by atoms with van der Waals surface area (Å²) < 4.78 is 18.6. The Balaban J connectivity index is 1.35. The molecule has 1 aliphatic heterocycles. The average Bonchev–Trinajstić information content (AvgIpc) is 3.37. The van der Waals surface area contributed by atoms with Crippen LogP contribution in [0.2, 0.25) is 5.02 Å². The van der Waals surface area contributed by atoms with Crippen LogP contribution in [-0.4, -0.2) is 31.7 Å². The number of ether oxygens (including phenoxy) is 3. The van der Waals surface area contributed by atoms with Gasteiger partial charge < -0.3 is 24.8 Å². The number of rotatable bonds is 11. The smallest absolute Gasteiger partial charge is 0.220 e. The summed E-state index contributed by atoms with van der Waals surface area (Å²) in [6, 6.07) is 16.9. The van der Waals surface area contributed by atoms with Gasteiger partial charge in [0.2, 0.25) is 5.91 Å². The van der Waals surface area contributed by atoms with Crippen molar-refractivity contribution in [2.24, 2.45) is 0 Å². The van der Waals surface area contributed by atoms with Gasteiger partial charge in [0.05, 0.1) is 18.2 Å². The van der Waals surface area contributed by atoms with Crippen LogP contribution >= 0.6 is 11.6 Å². The second-order valence-corrected chi connectivity index (χ2v) is 10.9. The first kappa shape index (κ1) is 28.3. The summed E-state index contributed by atoms with van der Waals surface area (Å²) in [5.74, 6) is 2.46. The number of benzene rings is 3. The molecule has 0 saturated carbocycles. The van der Waals surface area contributed by atoms with E-state index in [4.69, 9.17) is 25.8 Å². The van der Waals surface area contributed by atoms with Gasteiger partial charge in [-0.1, -0.05) is 48.9 Å². The molecular weight excluding hydrogens is 524 g/mol. The van der Waals surface area contributed by atoms with E-state index in [-0.39, 0.29) is 18.1 Å². The molecule has 1 amide bonds.